The average Bonchev–Trinajstić information content (AvgIpc) is 3.07. The van der Waals surface area contributed by atoms with E-state index in [9.17, 15) is 9.18 Å². The SMILES string of the molecule is Cc1nnnn1-c1cccc(C(=O)NC[C@@H](c2cccc(F)c2)N(C)C)c1. The van der Waals surface area contributed by atoms with Crippen LogP contribution in [0, 0.1) is 12.7 Å². The van der Waals surface area contributed by atoms with Crippen LogP contribution in [0.5, 0.6) is 0 Å². The molecule has 1 atom stereocenters. The highest BCUT2D eigenvalue weighted by Gasteiger charge is 2.17. The lowest BCUT2D eigenvalue weighted by Crippen LogP contribution is -2.34. The normalized spacial score (nSPS) is 12.2. The van der Waals surface area contributed by atoms with E-state index in [1.54, 1.807) is 35.9 Å². The minimum absolute atomic E-state index is 0.144. The van der Waals surface area contributed by atoms with Crippen LogP contribution in [-0.4, -0.2) is 51.7 Å². The van der Waals surface area contributed by atoms with Crippen LogP contribution in [-0.2, 0) is 0 Å². The highest BCUT2D eigenvalue weighted by molar-refractivity contribution is 5.94. The molecule has 7 nitrogen and oxygen atoms in total. The topological polar surface area (TPSA) is 75.9 Å². The molecule has 140 valence electrons. The highest BCUT2D eigenvalue weighted by atomic mass is 19.1. The second-order valence-corrected chi connectivity index (χ2v) is 6.43. The van der Waals surface area contributed by atoms with E-state index in [4.69, 9.17) is 0 Å². The molecule has 3 rings (SSSR count). The number of amides is 1. The number of likely N-dealkylation sites (N-methyl/N-ethyl adjacent to an activating group) is 1. The van der Waals surface area contributed by atoms with Crippen molar-refractivity contribution in [3.8, 4) is 5.69 Å². The Morgan fingerprint density at radius 1 is 1.22 bits per heavy atom. The van der Waals surface area contributed by atoms with Gasteiger partial charge in [0.2, 0.25) is 0 Å². The second kappa shape index (κ2) is 8.05. The molecule has 3 aromatic rings. The number of aromatic nitrogens is 4. The maximum Gasteiger partial charge on any atom is 0.251 e. The smallest absolute Gasteiger partial charge is 0.251 e. The summed E-state index contributed by atoms with van der Waals surface area (Å²) in [6.07, 6.45) is 0. The van der Waals surface area contributed by atoms with Crippen LogP contribution in [0.1, 0.15) is 27.8 Å². The standard InChI is InChI=1S/C19H21FN6O/c1-13-22-23-24-26(13)17-9-5-7-15(11-17)19(27)21-12-18(25(2)3)14-6-4-8-16(20)10-14/h4-11,18H,12H2,1-3H3,(H,21,27)/t18-/m0/s1. The van der Waals surface area contributed by atoms with Gasteiger partial charge in [0.1, 0.15) is 5.82 Å². The summed E-state index contributed by atoms with van der Waals surface area (Å²) in [6.45, 7) is 2.14. The number of nitrogens with zero attached hydrogens (tertiary/aromatic N) is 5. The number of carbonyl (C=O) groups excluding carboxylic acids is 1. The first-order chi connectivity index (χ1) is 13.0. The van der Waals surface area contributed by atoms with Gasteiger partial charge >= 0.3 is 0 Å². The first kappa shape index (κ1) is 18.7. The predicted molar refractivity (Wildman–Crippen MR) is 99.1 cm³/mol. The van der Waals surface area contributed by atoms with Crippen molar-refractivity contribution < 1.29 is 9.18 Å². The Morgan fingerprint density at radius 2 is 2.00 bits per heavy atom. The van der Waals surface area contributed by atoms with Crippen LogP contribution in [0.2, 0.25) is 0 Å². The number of hydrogen-bond donors (Lipinski definition) is 1. The second-order valence-electron chi connectivity index (χ2n) is 6.43. The van der Waals surface area contributed by atoms with E-state index >= 15 is 0 Å². The van der Waals surface area contributed by atoms with Crippen molar-refractivity contribution in [3.63, 3.8) is 0 Å². The largest absolute Gasteiger partial charge is 0.350 e. The van der Waals surface area contributed by atoms with Gasteiger partial charge in [-0.25, -0.2) is 4.39 Å². The van der Waals surface area contributed by atoms with Crippen LogP contribution < -0.4 is 5.32 Å². The third-order valence-electron chi connectivity index (χ3n) is 4.29. The Morgan fingerprint density at radius 3 is 2.67 bits per heavy atom. The molecule has 1 N–H and O–H groups in total. The number of hydrogen-bond acceptors (Lipinski definition) is 5. The Balaban J connectivity index is 1.74. The van der Waals surface area contributed by atoms with Crippen molar-refractivity contribution in [2.75, 3.05) is 20.6 Å². The van der Waals surface area contributed by atoms with Crippen molar-refractivity contribution >= 4 is 5.91 Å². The molecular formula is C19H21FN6O. The van der Waals surface area contributed by atoms with Crippen molar-refractivity contribution in [2.45, 2.75) is 13.0 Å². The van der Waals surface area contributed by atoms with Crippen LogP contribution in [0.3, 0.4) is 0 Å². The monoisotopic (exact) mass is 368 g/mol. The van der Waals surface area contributed by atoms with Crippen molar-refractivity contribution in [1.29, 1.82) is 0 Å². The quantitative estimate of drug-likeness (QED) is 0.721. The number of nitrogens with one attached hydrogen (secondary N) is 1. The molecule has 1 amide bonds. The molecule has 2 aromatic carbocycles. The maximum absolute atomic E-state index is 13.5. The molecule has 0 aliphatic carbocycles. The fraction of sp³-hybridized carbons (Fsp3) is 0.263. The van der Waals surface area contributed by atoms with Gasteiger partial charge in [-0.3, -0.25) is 4.79 Å². The van der Waals surface area contributed by atoms with E-state index in [1.807, 2.05) is 31.1 Å². The lowest BCUT2D eigenvalue weighted by Gasteiger charge is -2.25. The van der Waals surface area contributed by atoms with Gasteiger partial charge in [0, 0.05) is 12.1 Å². The van der Waals surface area contributed by atoms with E-state index < -0.39 is 0 Å². The summed E-state index contributed by atoms with van der Waals surface area (Å²) >= 11 is 0. The molecule has 8 heteroatoms. The summed E-state index contributed by atoms with van der Waals surface area (Å²) in [7, 11) is 3.78. The van der Waals surface area contributed by atoms with Gasteiger partial charge in [-0.15, -0.1) is 5.10 Å². The third-order valence-corrected chi connectivity index (χ3v) is 4.29. The van der Waals surface area contributed by atoms with E-state index in [0.717, 1.165) is 5.56 Å². The predicted octanol–water partition coefficient (Wildman–Crippen LogP) is 2.14. The van der Waals surface area contributed by atoms with Gasteiger partial charge in [0.15, 0.2) is 5.82 Å². The molecule has 0 spiro atoms. The molecule has 0 aliphatic heterocycles. The zero-order valence-electron chi connectivity index (χ0n) is 15.4. The summed E-state index contributed by atoms with van der Waals surface area (Å²) in [5.74, 6) is 0.118. The Kier molecular flexibility index (Phi) is 5.56. The number of carbonyl (C=O) groups is 1. The summed E-state index contributed by atoms with van der Waals surface area (Å²) in [4.78, 5) is 14.6. The summed E-state index contributed by atoms with van der Waals surface area (Å²) in [6, 6.07) is 13.3. The van der Waals surface area contributed by atoms with Crippen molar-refractivity contribution in [3.05, 3.63) is 71.3 Å². The van der Waals surface area contributed by atoms with E-state index in [2.05, 4.69) is 20.8 Å². The molecule has 27 heavy (non-hydrogen) atoms. The molecule has 0 saturated carbocycles. The number of rotatable bonds is 6. The highest BCUT2D eigenvalue weighted by Crippen LogP contribution is 2.18. The molecular weight excluding hydrogens is 347 g/mol. The molecule has 0 unspecified atom stereocenters. The summed E-state index contributed by atoms with van der Waals surface area (Å²) < 4.78 is 15.1. The molecule has 0 saturated heterocycles. The molecule has 0 aliphatic rings. The number of aryl methyl sites for hydroxylation is 1. The van der Waals surface area contributed by atoms with Gasteiger partial charge in [0.25, 0.3) is 5.91 Å². The molecule has 0 bridgehead atoms. The summed E-state index contributed by atoms with van der Waals surface area (Å²) in [5.41, 5.74) is 2.01. The van der Waals surface area contributed by atoms with Crippen LogP contribution >= 0.6 is 0 Å². The minimum Gasteiger partial charge on any atom is -0.350 e. The van der Waals surface area contributed by atoms with Crippen molar-refractivity contribution in [2.24, 2.45) is 0 Å². The fourth-order valence-corrected chi connectivity index (χ4v) is 2.85. The van der Waals surface area contributed by atoms with Crippen LogP contribution in [0.4, 0.5) is 4.39 Å². The molecule has 1 heterocycles. The number of tetrazole rings is 1. The van der Waals surface area contributed by atoms with E-state index in [0.29, 0.717) is 23.6 Å². The molecule has 0 radical (unpaired) electrons. The summed E-state index contributed by atoms with van der Waals surface area (Å²) in [5, 5.41) is 14.3. The zero-order valence-corrected chi connectivity index (χ0v) is 15.4. The zero-order chi connectivity index (χ0) is 19.4. The van der Waals surface area contributed by atoms with Crippen molar-refractivity contribution in [1.82, 2.24) is 30.4 Å². The first-order valence-electron chi connectivity index (χ1n) is 8.51. The van der Waals surface area contributed by atoms with Crippen LogP contribution in [0.15, 0.2) is 48.5 Å². The first-order valence-corrected chi connectivity index (χ1v) is 8.51. The average molecular weight is 368 g/mol. The Hall–Kier alpha value is -3.13. The Bertz CT molecular complexity index is 939. The lowest BCUT2D eigenvalue weighted by atomic mass is 10.1. The van der Waals surface area contributed by atoms with Gasteiger partial charge < -0.3 is 10.2 Å². The van der Waals surface area contributed by atoms with Gasteiger partial charge in [-0.05, 0) is 67.3 Å². The van der Waals surface area contributed by atoms with Gasteiger partial charge in [-0.2, -0.15) is 4.68 Å². The molecule has 1 aromatic heterocycles. The fourth-order valence-electron chi connectivity index (χ4n) is 2.85. The number of halogens is 1. The Labute approximate surface area is 156 Å². The van der Waals surface area contributed by atoms with Gasteiger partial charge in [-0.1, -0.05) is 18.2 Å². The van der Waals surface area contributed by atoms with E-state index in [-0.39, 0.29) is 17.8 Å². The maximum atomic E-state index is 13.5. The molecule has 0 fully saturated rings. The minimum atomic E-state index is -0.296. The number of benzene rings is 2. The van der Waals surface area contributed by atoms with Crippen LogP contribution in [0.25, 0.3) is 5.69 Å². The van der Waals surface area contributed by atoms with Gasteiger partial charge in [0.05, 0.1) is 11.7 Å². The lowest BCUT2D eigenvalue weighted by molar-refractivity contribution is 0.0942. The van der Waals surface area contributed by atoms with E-state index in [1.165, 1.54) is 12.1 Å². The third kappa shape index (κ3) is 4.35.